The van der Waals surface area contributed by atoms with Gasteiger partial charge in [-0.05, 0) is 79.5 Å². The van der Waals surface area contributed by atoms with Gasteiger partial charge in [0.15, 0.2) is 0 Å². The van der Waals surface area contributed by atoms with Crippen LogP contribution in [-0.2, 0) is 4.74 Å². The Balaban J connectivity index is 1.55. The zero-order chi connectivity index (χ0) is 20.9. The largest absolute Gasteiger partial charge is 0.389 e. The Bertz CT molecular complexity index is 935. The number of β-amino-alcohol motifs (C(OH)–C–C–N with tert-alkyl or cyclic N) is 1. The van der Waals surface area contributed by atoms with E-state index in [1.807, 2.05) is 24.3 Å². The highest BCUT2D eigenvalue weighted by Gasteiger charge is 2.25. The van der Waals surface area contributed by atoms with Crippen LogP contribution in [0, 0.1) is 5.82 Å². The van der Waals surface area contributed by atoms with Gasteiger partial charge in [-0.1, -0.05) is 0 Å². The summed E-state index contributed by atoms with van der Waals surface area (Å²) in [5, 5.41) is 9.99. The Morgan fingerprint density at radius 1 is 1.13 bits per heavy atom. The number of likely N-dealkylation sites (tertiary alicyclic amines) is 1. The molecule has 0 radical (unpaired) electrons. The number of H-pyrrole nitrogens is 1. The molecule has 0 spiro atoms. The number of aromatic nitrogens is 2. The first-order valence-electron chi connectivity index (χ1n) is 10.4. The fourth-order valence-corrected chi connectivity index (χ4v) is 4.27. The van der Waals surface area contributed by atoms with E-state index in [0.717, 1.165) is 48.3 Å². The highest BCUT2D eigenvalue weighted by Crippen LogP contribution is 2.37. The molecule has 0 aliphatic carbocycles. The van der Waals surface area contributed by atoms with E-state index in [2.05, 4.69) is 20.9 Å². The van der Waals surface area contributed by atoms with E-state index >= 15 is 0 Å². The van der Waals surface area contributed by atoms with Crippen molar-refractivity contribution in [2.75, 3.05) is 33.4 Å². The molecule has 0 amide bonds. The zero-order valence-corrected chi connectivity index (χ0v) is 17.2. The van der Waals surface area contributed by atoms with Crippen molar-refractivity contribution < 1.29 is 14.2 Å². The highest BCUT2D eigenvalue weighted by atomic mass is 19.1. The Labute approximate surface area is 176 Å². The number of ether oxygens (including phenoxy) is 1. The van der Waals surface area contributed by atoms with Gasteiger partial charge in [-0.3, -0.25) is 4.98 Å². The minimum atomic E-state index is -0.444. The SMILES string of the molecule is COC[C@@H](O)CN1CCC(c2cc(-c3ccncc3)c(-c3ccc(F)cc3)[nH]2)CC1. The van der Waals surface area contributed by atoms with E-state index in [4.69, 9.17) is 4.74 Å². The number of nitrogens with one attached hydrogen (secondary N) is 1. The van der Waals surface area contributed by atoms with Crippen molar-refractivity contribution in [3.63, 3.8) is 0 Å². The van der Waals surface area contributed by atoms with Crippen LogP contribution >= 0.6 is 0 Å². The number of hydrogen-bond donors (Lipinski definition) is 2. The van der Waals surface area contributed by atoms with Crippen LogP contribution in [0.2, 0.25) is 0 Å². The number of rotatable bonds is 7. The van der Waals surface area contributed by atoms with Crippen LogP contribution in [0.15, 0.2) is 54.9 Å². The monoisotopic (exact) mass is 409 g/mol. The van der Waals surface area contributed by atoms with E-state index in [9.17, 15) is 9.50 Å². The topological polar surface area (TPSA) is 61.4 Å². The van der Waals surface area contributed by atoms with Crippen molar-refractivity contribution in [1.29, 1.82) is 0 Å². The lowest BCUT2D eigenvalue weighted by molar-refractivity contribution is 0.0319. The van der Waals surface area contributed by atoms with E-state index in [0.29, 0.717) is 19.1 Å². The molecule has 4 rings (SSSR count). The van der Waals surface area contributed by atoms with Crippen LogP contribution in [0.5, 0.6) is 0 Å². The highest BCUT2D eigenvalue weighted by molar-refractivity contribution is 5.82. The number of piperidine rings is 1. The van der Waals surface area contributed by atoms with Crippen LogP contribution in [-0.4, -0.2) is 59.4 Å². The van der Waals surface area contributed by atoms with Crippen molar-refractivity contribution in [3.8, 4) is 22.4 Å². The van der Waals surface area contributed by atoms with Crippen molar-refractivity contribution in [2.24, 2.45) is 0 Å². The van der Waals surface area contributed by atoms with Crippen LogP contribution in [0.3, 0.4) is 0 Å². The van der Waals surface area contributed by atoms with E-state index in [1.54, 1.807) is 19.5 Å². The number of hydrogen-bond acceptors (Lipinski definition) is 4. The minimum Gasteiger partial charge on any atom is -0.389 e. The minimum absolute atomic E-state index is 0.237. The summed E-state index contributed by atoms with van der Waals surface area (Å²) in [6.45, 7) is 2.91. The molecule has 158 valence electrons. The number of halogens is 1. The second-order valence-electron chi connectivity index (χ2n) is 7.94. The van der Waals surface area contributed by atoms with Gasteiger partial charge in [0.25, 0.3) is 0 Å². The third-order valence-corrected chi connectivity index (χ3v) is 5.82. The molecule has 1 saturated heterocycles. The van der Waals surface area contributed by atoms with E-state index in [-0.39, 0.29) is 5.82 Å². The van der Waals surface area contributed by atoms with Crippen molar-refractivity contribution >= 4 is 0 Å². The van der Waals surface area contributed by atoms with Crippen LogP contribution in [0.4, 0.5) is 4.39 Å². The standard InChI is InChI=1S/C24H28FN3O2/c1-30-16-21(29)15-28-12-8-18(9-13-28)23-14-22(17-6-10-26-11-7-17)24(27-23)19-2-4-20(25)5-3-19/h2-7,10-11,14,18,21,27,29H,8-9,12-13,15-16H2,1H3/t21-/m0/s1. The Hall–Kier alpha value is -2.54. The molecule has 1 aromatic carbocycles. The number of pyridine rings is 1. The fourth-order valence-electron chi connectivity index (χ4n) is 4.27. The number of benzene rings is 1. The first-order chi connectivity index (χ1) is 14.6. The first-order valence-corrected chi connectivity index (χ1v) is 10.4. The molecule has 3 aromatic rings. The summed E-state index contributed by atoms with van der Waals surface area (Å²) in [6.07, 6.45) is 5.19. The molecular formula is C24H28FN3O2. The lowest BCUT2D eigenvalue weighted by Gasteiger charge is -2.32. The molecule has 5 nitrogen and oxygen atoms in total. The number of nitrogens with zero attached hydrogens (tertiary/aromatic N) is 2. The normalized spacial score (nSPS) is 16.6. The van der Waals surface area contributed by atoms with Gasteiger partial charge in [-0.15, -0.1) is 0 Å². The smallest absolute Gasteiger partial charge is 0.123 e. The molecule has 3 heterocycles. The summed E-state index contributed by atoms with van der Waals surface area (Å²) in [4.78, 5) is 10.1. The van der Waals surface area contributed by atoms with Gasteiger partial charge in [0.05, 0.1) is 18.4 Å². The first kappa shape index (κ1) is 20.7. The number of aliphatic hydroxyl groups excluding tert-OH is 1. The molecule has 1 fully saturated rings. The zero-order valence-electron chi connectivity index (χ0n) is 17.2. The van der Waals surface area contributed by atoms with Crippen molar-refractivity contribution in [2.45, 2.75) is 24.9 Å². The Morgan fingerprint density at radius 3 is 2.50 bits per heavy atom. The van der Waals surface area contributed by atoms with E-state index in [1.165, 1.54) is 17.8 Å². The summed E-state index contributed by atoms with van der Waals surface area (Å²) >= 11 is 0. The lowest BCUT2D eigenvalue weighted by Crippen LogP contribution is -2.39. The second kappa shape index (κ2) is 9.51. The molecule has 0 saturated carbocycles. The summed E-state index contributed by atoms with van der Waals surface area (Å²) in [5.74, 6) is 0.189. The molecule has 30 heavy (non-hydrogen) atoms. The molecule has 1 atom stereocenters. The molecule has 2 aromatic heterocycles. The molecule has 0 bridgehead atoms. The molecule has 1 aliphatic heterocycles. The molecular weight excluding hydrogens is 381 g/mol. The number of aromatic amines is 1. The Morgan fingerprint density at radius 2 is 1.83 bits per heavy atom. The van der Waals surface area contributed by atoms with Gasteiger partial charge >= 0.3 is 0 Å². The molecule has 6 heteroatoms. The average Bonchev–Trinajstić information content (AvgIpc) is 3.21. The summed E-state index contributed by atoms with van der Waals surface area (Å²) < 4.78 is 18.5. The quantitative estimate of drug-likeness (QED) is 0.618. The number of aliphatic hydroxyl groups is 1. The molecule has 2 N–H and O–H groups in total. The predicted octanol–water partition coefficient (Wildman–Crippen LogP) is 4.07. The third kappa shape index (κ3) is 4.78. The summed E-state index contributed by atoms with van der Waals surface area (Å²) in [6, 6.07) is 12.9. The maximum absolute atomic E-state index is 13.4. The van der Waals surface area contributed by atoms with Gasteiger partial charge in [0, 0.05) is 43.2 Å². The van der Waals surface area contributed by atoms with Gasteiger partial charge in [-0.2, -0.15) is 0 Å². The lowest BCUT2D eigenvalue weighted by atomic mass is 9.93. The maximum atomic E-state index is 13.4. The summed E-state index contributed by atoms with van der Waals surface area (Å²) in [5.41, 5.74) is 5.38. The average molecular weight is 410 g/mol. The van der Waals surface area contributed by atoms with Gasteiger partial charge < -0.3 is 19.7 Å². The van der Waals surface area contributed by atoms with Crippen LogP contribution in [0.25, 0.3) is 22.4 Å². The predicted molar refractivity (Wildman–Crippen MR) is 116 cm³/mol. The van der Waals surface area contributed by atoms with Gasteiger partial charge in [0.1, 0.15) is 5.82 Å². The Kier molecular flexibility index (Phi) is 6.57. The van der Waals surface area contributed by atoms with E-state index < -0.39 is 6.10 Å². The molecule has 0 unspecified atom stereocenters. The van der Waals surface area contributed by atoms with Gasteiger partial charge in [0.2, 0.25) is 0 Å². The van der Waals surface area contributed by atoms with Crippen molar-refractivity contribution in [3.05, 3.63) is 66.4 Å². The van der Waals surface area contributed by atoms with Crippen molar-refractivity contribution in [1.82, 2.24) is 14.9 Å². The summed E-state index contributed by atoms with van der Waals surface area (Å²) in [7, 11) is 1.61. The second-order valence-corrected chi connectivity index (χ2v) is 7.94. The van der Waals surface area contributed by atoms with Crippen LogP contribution < -0.4 is 0 Å². The van der Waals surface area contributed by atoms with Gasteiger partial charge in [-0.25, -0.2) is 4.39 Å². The maximum Gasteiger partial charge on any atom is 0.123 e. The molecule has 1 aliphatic rings. The van der Waals surface area contributed by atoms with Crippen LogP contribution in [0.1, 0.15) is 24.5 Å². The third-order valence-electron chi connectivity index (χ3n) is 5.82. The fraction of sp³-hybridized carbons (Fsp3) is 0.375. The number of methoxy groups -OCH3 is 1.